The third-order valence-electron chi connectivity index (χ3n) is 4.25. The SMILES string of the molecule is OC[C@H]1O[C@@](CO)(O[C@H]2O[C@H](C[O][Sn][O][SnH])[C@@H](O)[C@H](O)[C@H]2O)[C@@H](O)[C@@H]1O. The molecule has 26 heavy (non-hydrogen) atoms. The molecule has 0 aromatic rings. The molecule has 2 heterocycles. The van der Waals surface area contributed by atoms with Gasteiger partial charge in [0.1, 0.15) is 0 Å². The molecule has 0 unspecified atom stereocenters. The zero-order valence-electron chi connectivity index (χ0n) is 13.5. The van der Waals surface area contributed by atoms with Crippen molar-refractivity contribution in [1.82, 2.24) is 0 Å². The van der Waals surface area contributed by atoms with Crippen LogP contribution in [0.4, 0.5) is 0 Å². The van der Waals surface area contributed by atoms with E-state index in [1.807, 2.05) is 0 Å². The monoisotopic (exact) mass is 598 g/mol. The number of ether oxygens (including phenoxy) is 3. The van der Waals surface area contributed by atoms with Gasteiger partial charge in [0.2, 0.25) is 0 Å². The van der Waals surface area contributed by atoms with Crippen LogP contribution in [0.3, 0.4) is 0 Å². The van der Waals surface area contributed by atoms with Crippen LogP contribution in [0.15, 0.2) is 0 Å². The normalized spacial score (nSPS) is 46.6. The molecule has 2 saturated heterocycles. The molecule has 0 aliphatic carbocycles. The van der Waals surface area contributed by atoms with Gasteiger partial charge in [0.05, 0.1) is 0 Å². The molecule has 2 aliphatic heterocycles. The molecular formula is C12H22O12Sn2. The molecule has 4 radical (unpaired) electrons. The molecule has 2 fully saturated rings. The van der Waals surface area contributed by atoms with Crippen molar-refractivity contribution in [2.24, 2.45) is 0 Å². The maximum absolute atomic E-state index is 10.1. The molecule has 14 heteroatoms. The number of aliphatic hydroxyl groups excluding tert-OH is 7. The van der Waals surface area contributed by atoms with Crippen molar-refractivity contribution in [3.63, 3.8) is 0 Å². The van der Waals surface area contributed by atoms with Gasteiger partial charge in [0.15, 0.2) is 0 Å². The number of rotatable bonds is 8. The Hall–Kier alpha value is 1.12. The summed E-state index contributed by atoms with van der Waals surface area (Å²) in [6, 6.07) is 0. The average molecular weight is 596 g/mol. The third-order valence-corrected chi connectivity index (χ3v) is 7.17. The fourth-order valence-corrected chi connectivity index (χ4v) is 4.93. The zero-order valence-corrected chi connectivity index (χ0v) is 19.6. The van der Waals surface area contributed by atoms with E-state index in [1.54, 1.807) is 0 Å². The summed E-state index contributed by atoms with van der Waals surface area (Å²) in [6.45, 7) is -1.70. The molecule has 7 N–H and O–H groups in total. The van der Waals surface area contributed by atoms with Gasteiger partial charge in [-0.2, -0.15) is 0 Å². The van der Waals surface area contributed by atoms with E-state index < -0.39 is 90.0 Å². The van der Waals surface area contributed by atoms with Crippen LogP contribution in [0, 0.1) is 0 Å². The molecule has 0 aromatic carbocycles. The van der Waals surface area contributed by atoms with E-state index in [9.17, 15) is 35.7 Å². The molecule has 0 saturated carbocycles. The summed E-state index contributed by atoms with van der Waals surface area (Å²) in [7, 11) is 0. The number of hydrogen-bond donors (Lipinski definition) is 7. The van der Waals surface area contributed by atoms with Crippen LogP contribution in [0.5, 0.6) is 0 Å². The second-order valence-electron chi connectivity index (χ2n) is 5.89. The van der Waals surface area contributed by atoms with Crippen LogP contribution in [-0.2, 0) is 18.7 Å². The van der Waals surface area contributed by atoms with Gasteiger partial charge in [-0.1, -0.05) is 0 Å². The van der Waals surface area contributed by atoms with Gasteiger partial charge in [0.25, 0.3) is 0 Å². The minimum atomic E-state index is -2.19. The number of aliphatic hydroxyl groups is 7. The Labute approximate surface area is 173 Å². The summed E-state index contributed by atoms with van der Waals surface area (Å²) in [5.74, 6) is -2.19. The van der Waals surface area contributed by atoms with E-state index in [2.05, 4.69) is 0 Å². The Kier molecular flexibility index (Phi) is 9.21. The molecule has 2 rings (SSSR count). The van der Waals surface area contributed by atoms with Gasteiger partial charge in [-0.25, -0.2) is 0 Å². The molecule has 150 valence electrons. The van der Waals surface area contributed by atoms with E-state index in [-0.39, 0.29) is 6.61 Å². The Morgan fingerprint density at radius 2 is 1.65 bits per heavy atom. The van der Waals surface area contributed by atoms with Gasteiger partial charge in [-0.3, -0.25) is 0 Å². The fraction of sp³-hybridized carbons (Fsp3) is 1.00. The Morgan fingerprint density at radius 1 is 0.962 bits per heavy atom. The molecule has 0 amide bonds. The zero-order chi connectivity index (χ0) is 19.5. The average Bonchev–Trinajstić information content (AvgIpc) is 2.88. The minimum absolute atomic E-state index is 0.116. The molecule has 0 spiro atoms. The van der Waals surface area contributed by atoms with Gasteiger partial charge in [0, 0.05) is 0 Å². The maximum atomic E-state index is 10.1. The predicted molar refractivity (Wildman–Crippen MR) is 81.5 cm³/mol. The van der Waals surface area contributed by atoms with Crippen molar-refractivity contribution in [3.8, 4) is 0 Å². The van der Waals surface area contributed by atoms with E-state index in [0.717, 1.165) is 0 Å². The van der Waals surface area contributed by atoms with Gasteiger partial charge >= 0.3 is 174 Å². The van der Waals surface area contributed by atoms with Crippen molar-refractivity contribution in [2.45, 2.75) is 54.8 Å². The summed E-state index contributed by atoms with van der Waals surface area (Å²) >= 11 is -0.933. The first-order valence-corrected chi connectivity index (χ1v) is 11.3. The van der Waals surface area contributed by atoms with Crippen molar-refractivity contribution in [2.75, 3.05) is 19.8 Å². The topological polar surface area (TPSA) is 188 Å². The number of hydrogen-bond acceptors (Lipinski definition) is 12. The van der Waals surface area contributed by atoms with Gasteiger partial charge < -0.3 is 0 Å². The van der Waals surface area contributed by atoms with E-state index in [0.29, 0.717) is 22.9 Å². The van der Waals surface area contributed by atoms with E-state index in [1.165, 1.54) is 0 Å². The van der Waals surface area contributed by atoms with Crippen molar-refractivity contribution < 1.29 is 54.4 Å². The summed E-state index contributed by atoms with van der Waals surface area (Å²) in [5.41, 5.74) is 0. The third kappa shape index (κ3) is 4.81. The van der Waals surface area contributed by atoms with E-state index in [4.69, 9.17) is 18.7 Å². The van der Waals surface area contributed by atoms with Crippen LogP contribution in [0.2, 0.25) is 0 Å². The van der Waals surface area contributed by atoms with Crippen LogP contribution >= 0.6 is 0 Å². The Bertz CT molecular complexity index is 446. The second-order valence-corrected chi connectivity index (χ2v) is 12.4. The van der Waals surface area contributed by atoms with Crippen LogP contribution in [0.25, 0.3) is 0 Å². The first-order valence-electron chi connectivity index (χ1n) is 7.67. The first-order chi connectivity index (χ1) is 12.3. The van der Waals surface area contributed by atoms with Gasteiger partial charge in [-0.15, -0.1) is 0 Å². The summed E-state index contributed by atoms with van der Waals surface area (Å²) in [4.78, 5) is 0. The quantitative estimate of drug-likeness (QED) is 0.104. The standard InChI is InChI=1S/C12H21O11.O.2Sn.H/c13-1-4-6(16)8(18)9(19)11(21-4)23-12(3-15)10(20)7(17)5(2-14)22-12;;;;/h4-11,14-20H,1-3H2;;;;/q-1;;;+1;/t4-,5-,6-,7-,8+,9-,10+,11-,12+;;;;/m1..../s1. The van der Waals surface area contributed by atoms with Crippen molar-refractivity contribution >= 4 is 44.9 Å². The summed E-state index contributed by atoms with van der Waals surface area (Å²) < 4.78 is 26.2. The van der Waals surface area contributed by atoms with Crippen molar-refractivity contribution in [1.29, 1.82) is 0 Å². The summed E-state index contributed by atoms with van der Waals surface area (Å²) in [6.07, 6.45) is -12.1. The van der Waals surface area contributed by atoms with E-state index >= 15 is 0 Å². The Morgan fingerprint density at radius 3 is 2.19 bits per heavy atom. The van der Waals surface area contributed by atoms with Crippen LogP contribution in [-0.4, -0.2) is 155 Å². The van der Waals surface area contributed by atoms with Gasteiger partial charge in [-0.05, 0) is 0 Å². The molecule has 0 bridgehead atoms. The fourth-order valence-electron chi connectivity index (χ4n) is 2.77. The predicted octanol–water partition coefficient (Wildman–Crippen LogP) is -6.00. The summed E-state index contributed by atoms with van der Waals surface area (Å²) in [5, 5.41) is 68.9. The van der Waals surface area contributed by atoms with Crippen LogP contribution < -0.4 is 0 Å². The molecular weight excluding hydrogens is 574 g/mol. The second kappa shape index (κ2) is 10.2. The molecule has 9 atom stereocenters. The first kappa shape index (κ1) is 23.4. The molecule has 2 aliphatic rings. The molecule has 12 nitrogen and oxygen atoms in total. The van der Waals surface area contributed by atoms with Crippen molar-refractivity contribution in [3.05, 3.63) is 0 Å². The Balaban J connectivity index is 2.12. The molecule has 0 aromatic heterocycles. The van der Waals surface area contributed by atoms with Crippen LogP contribution in [0.1, 0.15) is 0 Å².